The molecule has 2 atom stereocenters. The molecule has 0 aromatic rings. The van der Waals surface area contributed by atoms with Crippen LogP contribution in [0.25, 0.3) is 0 Å². The molecule has 0 amide bonds. The van der Waals surface area contributed by atoms with E-state index in [0.717, 1.165) is 57.8 Å². The molecule has 1 N–H and O–H groups in total. The number of nitrogens with zero attached hydrogens (tertiary/aromatic N) is 1. The van der Waals surface area contributed by atoms with Crippen molar-refractivity contribution in [3.05, 3.63) is 72.9 Å². The predicted molar refractivity (Wildman–Crippen MR) is 238 cm³/mol. The van der Waals surface area contributed by atoms with Gasteiger partial charge in [0.05, 0.1) is 13.2 Å². The molecule has 0 fully saturated rings. The summed E-state index contributed by atoms with van der Waals surface area (Å²) in [4.78, 5) is 37.0. The Morgan fingerprint density at radius 1 is 0.544 bits per heavy atom. The lowest BCUT2D eigenvalue weighted by Gasteiger charge is -2.20. The van der Waals surface area contributed by atoms with E-state index in [1.54, 1.807) is 4.90 Å². The predicted octanol–water partition coefficient (Wildman–Crippen LogP) is 12.9. The number of esters is 2. The van der Waals surface area contributed by atoms with Crippen molar-refractivity contribution in [1.29, 1.82) is 0 Å². The molecule has 2 unspecified atom stereocenters. The van der Waals surface area contributed by atoms with E-state index in [9.17, 15) is 19.0 Å². The monoisotopic (exact) mass is 820 g/mol. The topological polar surface area (TPSA) is 112 Å². The van der Waals surface area contributed by atoms with Gasteiger partial charge in [-0.3, -0.25) is 18.6 Å². The van der Waals surface area contributed by atoms with Crippen molar-refractivity contribution in [2.24, 2.45) is 0 Å². The maximum Gasteiger partial charge on any atom is 0.472 e. The van der Waals surface area contributed by atoms with E-state index in [1.165, 1.54) is 77.0 Å². The van der Waals surface area contributed by atoms with Crippen LogP contribution in [-0.2, 0) is 32.7 Å². The molecule has 0 saturated heterocycles. The van der Waals surface area contributed by atoms with Gasteiger partial charge in [-0.2, -0.15) is 0 Å². The van der Waals surface area contributed by atoms with Crippen molar-refractivity contribution in [3.8, 4) is 0 Å². The minimum atomic E-state index is -4.39. The molecule has 0 spiro atoms. The maximum absolute atomic E-state index is 12.6. The second kappa shape index (κ2) is 41.6. The van der Waals surface area contributed by atoms with Crippen LogP contribution in [0, 0.1) is 0 Å². The Labute approximate surface area is 348 Å². The third-order valence-corrected chi connectivity index (χ3v) is 9.98. The molecule has 10 heteroatoms. The Balaban J connectivity index is 4.43. The Morgan fingerprint density at radius 2 is 0.982 bits per heavy atom. The summed E-state index contributed by atoms with van der Waals surface area (Å²) < 4.78 is 33.4. The molecule has 57 heavy (non-hydrogen) atoms. The van der Waals surface area contributed by atoms with E-state index >= 15 is 0 Å². The van der Waals surface area contributed by atoms with Gasteiger partial charge in [0, 0.05) is 19.4 Å². The van der Waals surface area contributed by atoms with E-state index in [4.69, 9.17) is 18.5 Å². The van der Waals surface area contributed by atoms with Crippen molar-refractivity contribution in [1.82, 2.24) is 4.90 Å². The Kier molecular flexibility index (Phi) is 39.7. The van der Waals surface area contributed by atoms with Gasteiger partial charge in [0.1, 0.15) is 6.61 Å². The van der Waals surface area contributed by atoms with Crippen molar-refractivity contribution >= 4 is 19.8 Å². The normalized spacial score (nSPS) is 14.1. The fourth-order valence-corrected chi connectivity index (χ4v) is 6.29. The van der Waals surface area contributed by atoms with Crippen LogP contribution in [0.1, 0.15) is 168 Å². The van der Waals surface area contributed by atoms with E-state index in [2.05, 4.69) is 74.6 Å². The zero-order valence-electron chi connectivity index (χ0n) is 36.5. The molecular weight excluding hydrogens is 737 g/mol. The Morgan fingerprint density at radius 3 is 1.53 bits per heavy atom. The number of carbonyl (C=O) groups is 2. The lowest BCUT2D eigenvalue weighted by Crippen LogP contribution is -2.29. The van der Waals surface area contributed by atoms with Gasteiger partial charge in [-0.05, 0) is 91.1 Å². The summed E-state index contributed by atoms with van der Waals surface area (Å²) in [5.74, 6) is -0.909. The first-order valence-corrected chi connectivity index (χ1v) is 23.7. The SMILES string of the molecule is CCCCC/C=C\C/C=C\C/C=C\C/C=C\C/C=C\CCC(=O)OC(COC(=O)CCCCCCCCC/C=C\CCCCCC)COP(=O)(O)OCCN(C)C. The minimum Gasteiger partial charge on any atom is -0.462 e. The number of phosphoric acid groups is 1. The summed E-state index contributed by atoms with van der Waals surface area (Å²) in [6, 6.07) is 0. The first-order valence-electron chi connectivity index (χ1n) is 22.2. The summed E-state index contributed by atoms with van der Waals surface area (Å²) in [5, 5.41) is 0. The molecule has 0 aliphatic heterocycles. The van der Waals surface area contributed by atoms with Crippen molar-refractivity contribution in [2.45, 2.75) is 174 Å². The number of likely N-dealkylation sites (N-methyl/N-ethyl adjacent to an activating group) is 1. The van der Waals surface area contributed by atoms with E-state index in [0.29, 0.717) is 13.0 Å². The van der Waals surface area contributed by atoms with Crippen LogP contribution >= 0.6 is 7.82 Å². The molecule has 0 aromatic heterocycles. The highest BCUT2D eigenvalue weighted by Gasteiger charge is 2.26. The summed E-state index contributed by atoms with van der Waals surface area (Å²) in [5.41, 5.74) is 0. The van der Waals surface area contributed by atoms with Crippen LogP contribution in [-0.4, -0.2) is 68.3 Å². The average Bonchev–Trinajstić information content (AvgIpc) is 3.18. The second-order valence-electron chi connectivity index (χ2n) is 14.9. The number of unbranched alkanes of at least 4 members (excludes halogenated alkanes) is 14. The molecule has 0 saturated carbocycles. The van der Waals surface area contributed by atoms with Gasteiger partial charge in [-0.25, -0.2) is 4.57 Å². The summed E-state index contributed by atoms with van der Waals surface area (Å²) >= 11 is 0. The molecule has 0 bridgehead atoms. The zero-order valence-corrected chi connectivity index (χ0v) is 37.4. The fraction of sp³-hybridized carbons (Fsp3) is 0.702. The smallest absolute Gasteiger partial charge is 0.462 e. The number of hydrogen-bond donors (Lipinski definition) is 1. The van der Waals surface area contributed by atoms with Crippen LogP contribution in [0.3, 0.4) is 0 Å². The number of carbonyl (C=O) groups excluding carboxylic acids is 2. The highest BCUT2D eigenvalue weighted by atomic mass is 31.2. The molecule has 328 valence electrons. The molecule has 0 aromatic carbocycles. The van der Waals surface area contributed by atoms with Gasteiger partial charge in [0.25, 0.3) is 0 Å². The average molecular weight is 820 g/mol. The summed E-state index contributed by atoms with van der Waals surface area (Å²) in [6.45, 7) is 4.18. The number of hydrogen-bond acceptors (Lipinski definition) is 8. The molecule has 0 rings (SSSR count). The largest absolute Gasteiger partial charge is 0.472 e. The molecule has 0 aliphatic carbocycles. The van der Waals surface area contributed by atoms with Crippen LogP contribution in [0.15, 0.2) is 72.9 Å². The van der Waals surface area contributed by atoms with E-state index in [-0.39, 0.29) is 26.1 Å². The van der Waals surface area contributed by atoms with Gasteiger partial charge in [-0.1, -0.05) is 151 Å². The van der Waals surface area contributed by atoms with Crippen molar-refractivity contribution in [3.63, 3.8) is 0 Å². The van der Waals surface area contributed by atoms with Gasteiger partial charge in [-0.15, -0.1) is 0 Å². The number of allylic oxidation sites excluding steroid dienone is 12. The Bertz CT molecular complexity index is 1180. The third-order valence-electron chi connectivity index (χ3n) is 9.00. The number of phosphoric ester groups is 1. The first-order chi connectivity index (χ1) is 27.7. The van der Waals surface area contributed by atoms with E-state index < -0.39 is 32.5 Å². The van der Waals surface area contributed by atoms with Gasteiger partial charge >= 0.3 is 19.8 Å². The van der Waals surface area contributed by atoms with Crippen LogP contribution in [0.4, 0.5) is 0 Å². The van der Waals surface area contributed by atoms with Gasteiger partial charge < -0.3 is 19.3 Å². The van der Waals surface area contributed by atoms with Gasteiger partial charge in [0.15, 0.2) is 6.10 Å². The highest BCUT2D eigenvalue weighted by molar-refractivity contribution is 7.47. The summed E-state index contributed by atoms with van der Waals surface area (Å²) in [6.07, 6.45) is 49.6. The lowest BCUT2D eigenvalue weighted by molar-refractivity contribution is -0.161. The number of rotatable bonds is 40. The van der Waals surface area contributed by atoms with Crippen LogP contribution in [0.2, 0.25) is 0 Å². The van der Waals surface area contributed by atoms with E-state index in [1.807, 2.05) is 26.2 Å². The zero-order chi connectivity index (χ0) is 41.9. The number of ether oxygens (including phenoxy) is 2. The molecule has 9 nitrogen and oxygen atoms in total. The maximum atomic E-state index is 12.6. The van der Waals surface area contributed by atoms with Gasteiger partial charge in [0.2, 0.25) is 0 Å². The Hall–Kier alpha value is -2.55. The fourth-order valence-electron chi connectivity index (χ4n) is 5.55. The van der Waals surface area contributed by atoms with Crippen molar-refractivity contribution in [2.75, 3.05) is 40.5 Å². The quantitative estimate of drug-likeness (QED) is 0.0279. The minimum absolute atomic E-state index is 0.00971. The van der Waals surface area contributed by atoms with Crippen molar-refractivity contribution < 1.29 is 37.6 Å². The molecule has 0 radical (unpaired) electrons. The lowest BCUT2D eigenvalue weighted by atomic mass is 10.1. The first kappa shape index (κ1) is 54.5. The third kappa shape index (κ3) is 42.9. The molecule has 0 heterocycles. The van der Waals surface area contributed by atoms with Crippen LogP contribution < -0.4 is 0 Å². The summed E-state index contributed by atoms with van der Waals surface area (Å²) in [7, 11) is -0.757. The highest BCUT2D eigenvalue weighted by Crippen LogP contribution is 2.43. The molecular formula is C47H82NO8P. The molecule has 0 aliphatic rings. The second-order valence-corrected chi connectivity index (χ2v) is 16.3. The standard InChI is InChI=1S/C47H82NO8P/c1-5-7-9-11-13-15-17-19-21-22-23-24-26-28-30-32-34-36-38-40-47(50)56-45(44-55-57(51,52)54-42-41-48(3)4)43-53-46(49)39-37-35-33-31-29-27-25-20-18-16-14-12-10-8-6-2/h13,15-16,18-19,21,23-24,28,30,34,36,45H,5-12,14,17,20,22,25-27,29,31-33,35,37-44H2,1-4H3,(H,51,52)/b15-13-,18-16-,21-19-,24-23-,30-28-,36-34-. The van der Waals surface area contributed by atoms with Crippen LogP contribution in [0.5, 0.6) is 0 Å².